The molecule has 1 atom stereocenters. The summed E-state index contributed by atoms with van der Waals surface area (Å²) < 4.78 is 43.5. The lowest BCUT2D eigenvalue weighted by Gasteiger charge is -2.33. The number of nitrogens with one attached hydrogen (secondary N) is 1. The van der Waals surface area contributed by atoms with Crippen molar-refractivity contribution in [2.75, 3.05) is 17.9 Å². The van der Waals surface area contributed by atoms with Gasteiger partial charge in [-0.25, -0.2) is 12.8 Å². The van der Waals surface area contributed by atoms with Crippen LogP contribution in [-0.4, -0.2) is 44.8 Å². The zero-order valence-electron chi connectivity index (χ0n) is 22.3. The summed E-state index contributed by atoms with van der Waals surface area (Å²) in [5, 5.41) is 2.95. The van der Waals surface area contributed by atoms with Crippen LogP contribution in [0.5, 0.6) is 0 Å². The van der Waals surface area contributed by atoms with Crippen LogP contribution in [0.3, 0.4) is 0 Å². The van der Waals surface area contributed by atoms with E-state index in [1.807, 2.05) is 30.3 Å². The minimum atomic E-state index is -4.24. The van der Waals surface area contributed by atoms with Gasteiger partial charge in [-0.05, 0) is 48.0 Å². The van der Waals surface area contributed by atoms with Crippen LogP contribution in [0.25, 0.3) is 0 Å². The first-order chi connectivity index (χ1) is 19.7. The Bertz CT molecular complexity index is 1590. The van der Waals surface area contributed by atoms with E-state index in [1.165, 1.54) is 54.4 Å². The standard InChI is InChI=1S/C31H29ClFN3O4S/c1-34-31(38)29(20-23-10-4-2-5-11-23)35(21-24-12-8-9-15-28(24)33)30(37)22-36(26-13-6-3-7-14-26)41(39,40)27-18-16-25(32)17-19-27/h2-19,29H,20-22H2,1H3,(H,34,38). The molecule has 4 rings (SSSR count). The molecule has 0 fully saturated rings. The van der Waals surface area contributed by atoms with E-state index >= 15 is 0 Å². The quantitative estimate of drug-likeness (QED) is 0.263. The van der Waals surface area contributed by atoms with Crippen molar-refractivity contribution in [2.45, 2.75) is 23.9 Å². The zero-order chi connectivity index (χ0) is 29.4. The predicted octanol–water partition coefficient (Wildman–Crippen LogP) is 5.06. The molecule has 0 radical (unpaired) electrons. The van der Waals surface area contributed by atoms with Crippen molar-refractivity contribution >= 4 is 39.1 Å². The molecule has 0 heterocycles. The van der Waals surface area contributed by atoms with E-state index in [-0.39, 0.29) is 29.1 Å². The van der Waals surface area contributed by atoms with Crippen molar-refractivity contribution < 1.29 is 22.4 Å². The fourth-order valence-corrected chi connectivity index (χ4v) is 5.93. The fourth-order valence-electron chi connectivity index (χ4n) is 4.39. The second-order valence-corrected chi connectivity index (χ2v) is 11.5. The number of amides is 2. The lowest BCUT2D eigenvalue weighted by molar-refractivity contribution is -0.139. The summed E-state index contributed by atoms with van der Waals surface area (Å²) in [6.07, 6.45) is 0.135. The third kappa shape index (κ3) is 7.31. The Morgan fingerprint density at radius 3 is 2.05 bits per heavy atom. The van der Waals surface area contributed by atoms with E-state index in [9.17, 15) is 22.4 Å². The van der Waals surface area contributed by atoms with Crippen LogP contribution in [-0.2, 0) is 32.6 Å². The van der Waals surface area contributed by atoms with Crippen LogP contribution in [0, 0.1) is 5.82 Å². The lowest BCUT2D eigenvalue weighted by Crippen LogP contribution is -2.53. The van der Waals surface area contributed by atoms with Gasteiger partial charge < -0.3 is 10.2 Å². The van der Waals surface area contributed by atoms with Crippen molar-refractivity contribution in [3.8, 4) is 0 Å². The van der Waals surface area contributed by atoms with E-state index in [2.05, 4.69) is 5.32 Å². The number of hydrogen-bond acceptors (Lipinski definition) is 4. The maximum Gasteiger partial charge on any atom is 0.264 e. The number of carbonyl (C=O) groups is 2. The van der Waals surface area contributed by atoms with Crippen LogP contribution < -0.4 is 9.62 Å². The molecule has 10 heteroatoms. The topological polar surface area (TPSA) is 86.8 Å². The van der Waals surface area contributed by atoms with Crippen molar-refractivity contribution in [3.05, 3.63) is 131 Å². The molecule has 7 nitrogen and oxygen atoms in total. The Labute approximate surface area is 244 Å². The first kappa shape index (κ1) is 29.8. The fraction of sp³-hybridized carbons (Fsp3) is 0.161. The molecule has 4 aromatic rings. The van der Waals surface area contributed by atoms with Gasteiger partial charge >= 0.3 is 0 Å². The highest BCUT2D eigenvalue weighted by atomic mass is 35.5. The van der Waals surface area contributed by atoms with E-state index in [1.54, 1.807) is 36.4 Å². The van der Waals surface area contributed by atoms with Gasteiger partial charge in [0.05, 0.1) is 10.6 Å². The van der Waals surface area contributed by atoms with Crippen molar-refractivity contribution in [1.29, 1.82) is 0 Å². The molecule has 0 spiro atoms. The first-order valence-corrected chi connectivity index (χ1v) is 14.6. The number of likely N-dealkylation sites (N-methyl/N-ethyl adjacent to an activating group) is 1. The average molecular weight is 594 g/mol. The monoisotopic (exact) mass is 593 g/mol. The second kappa shape index (κ2) is 13.4. The number of halogens is 2. The average Bonchev–Trinajstić information content (AvgIpc) is 2.99. The van der Waals surface area contributed by atoms with Crippen molar-refractivity contribution in [1.82, 2.24) is 10.2 Å². The molecule has 0 aliphatic heterocycles. The number of hydrogen-bond donors (Lipinski definition) is 1. The molecular formula is C31H29ClFN3O4S. The Morgan fingerprint density at radius 1 is 0.854 bits per heavy atom. The summed E-state index contributed by atoms with van der Waals surface area (Å²) in [4.78, 5) is 28.5. The summed E-state index contributed by atoms with van der Waals surface area (Å²) >= 11 is 5.98. The molecule has 212 valence electrons. The third-order valence-electron chi connectivity index (χ3n) is 6.54. The van der Waals surface area contributed by atoms with Gasteiger partial charge in [-0.3, -0.25) is 13.9 Å². The highest BCUT2D eigenvalue weighted by Gasteiger charge is 2.34. The molecular weight excluding hydrogens is 565 g/mol. The minimum Gasteiger partial charge on any atom is -0.357 e. The Morgan fingerprint density at radius 2 is 1.44 bits per heavy atom. The number of para-hydroxylation sites is 1. The van der Waals surface area contributed by atoms with E-state index in [0.29, 0.717) is 5.02 Å². The smallest absolute Gasteiger partial charge is 0.264 e. The second-order valence-electron chi connectivity index (χ2n) is 9.23. The molecule has 0 aliphatic rings. The minimum absolute atomic E-state index is 0.0636. The largest absolute Gasteiger partial charge is 0.357 e. The maximum atomic E-state index is 14.8. The van der Waals surface area contributed by atoms with Gasteiger partial charge in [0.15, 0.2) is 0 Å². The summed E-state index contributed by atoms with van der Waals surface area (Å²) in [6, 6.07) is 27.8. The Balaban J connectivity index is 1.78. The third-order valence-corrected chi connectivity index (χ3v) is 8.58. The lowest BCUT2D eigenvalue weighted by atomic mass is 10.0. The van der Waals surface area contributed by atoms with Crippen molar-refractivity contribution in [3.63, 3.8) is 0 Å². The molecule has 41 heavy (non-hydrogen) atoms. The number of carbonyl (C=O) groups excluding carboxylic acids is 2. The normalized spacial score (nSPS) is 11.9. The number of anilines is 1. The van der Waals surface area contributed by atoms with Gasteiger partial charge in [-0.2, -0.15) is 0 Å². The van der Waals surface area contributed by atoms with Crippen LogP contribution in [0.1, 0.15) is 11.1 Å². The van der Waals surface area contributed by atoms with Gasteiger partial charge in [0.2, 0.25) is 11.8 Å². The van der Waals surface area contributed by atoms with E-state index in [0.717, 1.165) is 9.87 Å². The summed E-state index contributed by atoms with van der Waals surface area (Å²) in [6.45, 7) is -0.883. The van der Waals surface area contributed by atoms with Crippen molar-refractivity contribution in [2.24, 2.45) is 0 Å². The molecule has 0 saturated carbocycles. The molecule has 4 aromatic carbocycles. The van der Waals surface area contributed by atoms with Crippen LogP contribution in [0.15, 0.2) is 114 Å². The first-order valence-electron chi connectivity index (χ1n) is 12.8. The van der Waals surface area contributed by atoms with Gasteiger partial charge in [-0.1, -0.05) is 78.3 Å². The number of benzene rings is 4. The molecule has 1 unspecified atom stereocenters. The van der Waals surface area contributed by atoms with Crippen LogP contribution in [0.4, 0.5) is 10.1 Å². The molecule has 0 aliphatic carbocycles. The zero-order valence-corrected chi connectivity index (χ0v) is 23.9. The number of rotatable bonds is 11. The van der Waals surface area contributed by atoms with Crippen LogP contribution in [0.2, 0.25) is 5.02 Å². The van der Waals surface area contributed by atoms with Gasteiger partial charge in [0.25, 0.3) is 10.0 Å². The molecule has 0 saturated heterocycles. The summed E-state index contributed by atoms with van der Waals surface area (Å²) in [5.41, 5.74) is 1.22. The van der Waals surface area contributed by atoms with Gasteiger partial charge in [0.1, 0.15) is 18.4 Å². The van der Waals surface area contributed by atoms with Gasteiger partial charge in [0, 0.05) is 30.6 Å². The van der Waals surface area contributed by atoms with Gasteiger partial charge in [-0.15, -0.1) is 0 Å². The Kier molecular flexibility index (Phi) is 9.75. The maximum absolute atomic E-state index is 14.8. The summed E-state index contributed by atoms with van der Waals surface area (Å²) in [5.74, 6) is -1.70. The highest BCUT2D eigenvalue weighted by Crippen LogP contribution is 2.26. The molecule has 1 N–H and O–H groups in total. The number of nitrogens with zero attached hydrogens (tertiary/aromatic N) is 2. The highest BCUT2D eigenvalue weighted by molar-refractivity contribution is 7.92. The predicted molar refractivity (Wildman–Crippen MR) is 157 cm³/mol. The SMILES string of the molecule is CNC(=O)C(Cc1ccccc1)N(Cc1ccccc1F)C(=O)CN(c1ccccc1)S(=O)(=O)c1ccc(Cl)cc1. The van der Waals surface area contributed by atoms with E-state index in [4.69, 9.17) is 11.6 Å². The number of sulfonamides is 1. The Hall–Kier alpha value is -4.21. The molecule has 0 aromatic heterocycles. The summed E-state index contributed by atoms with van der Waals surface area (Å²) in [7, 11) is -2.79. The van der Waals surface area contributed by atoms with E-state index < -0.39 is 40.2 Å². The molecule has 0 bridgehead atoms. The van der Waals surface area contributed by atoms with Crippen LogP contribution >= 0.6 is 11.6 Å². The molecule has 2 amide bonds.